The van der Waals surface area contributed by atoms with Gasteiger partial charge < -0.3 is 4.74 Å². The molecule has 0 saturated heterocycles. The quantitative estimate of drug-likeness (QED) is 0.941. The zero-order valence-corrected chi connectivity index (χ0v) is 12.3. The van der Waals surface area contributed by atoms with Crippen molar-refractivity contribution in [3.63, 3.8) is 0 Å². The van der Waals surface area contributed by atoms with Crippen molar-refractivity contribution in [1.29, 1.82) is 0 Å². The molecule has 0 amide bonds. The number of halogens is 1. The van der Waals surface area contributed by atoms with Gasteiger partial charge in [-0.05, 0) is 36.2 Å². The molecule has 2 rings (SSSR count). The molecule has 1 aromatic carbocycles. The maximum atomic E-state index is 11.1. The number of sulfonamides is 1. The maximum absolute atomic E-state index is 11.1. The minimum Gasteiger partial charge on any atom is -0.439 e. The summed E-state index contributed by atoms with van der Waals surface area (Å²) in [5.41, 5.74) is 0.963. The van der Waals surface area contributed by atoms with Gasteiger partial charge in [0.25, 0.3) is 0 Å². The molecule has 106 valence electrons. The van der Waals surface area contributed by atoms with E-state index in [9.17, 15) is 8.42 Å². The topological polar surface area (TPSA) is 82.3 Å². The molecule has 0 bridgehead atoms. The van der Waals surface area contributed by atoms with Gasteiger partial charge in [-0.15, -0.1) is 0 Å². The van der Waals surface area contributed by atoms with Gasteiger partial charge in [-0.25, -0.2) is 18.5 Å². The lowest BCUT2D eigenvalue weighted by molar-refractivity contribution is 0.461. The molecule has 0 spiro atoms. The second-order valence-electron chi connectivity index (χ2n) is 4.09. The zero-order chi connectivity index (χ0) is 14.8. The number of aryl methyl sites for hydroxylation is 1. The number of ether oxygens (including phenoxy) is 1. The van der Waals surface area contributed by atoms with Gasteiger partial charge in [-0.2, -0.15) is 0 Å². The minimum atomic E-state index is -3.74. The summed E-state index contributed by atoms with van der Waals surface area (Å²) in [4.78, 5) is 3.84. The second kappa shape index (κ2) is 5.78. The number of pyridine rings is 1. The molecule has 0 fully saturated rings. The van der Waals surface area contributed by atoms with E-state index in [1.54, 1.807) is 12.1 Å². The Hall–Kier alpha value is -1.63. The van der Waals surface area contributed by atoms with Gasteiger partial charge in [0.2, 0.25) is 15.9 Å². The number of primary sulfonamides is 1. The van der Waals surface area contributed by atoms with E-state index < -0.39 is 10.0 Å². The first kappa shape index (κ1) is 14.8. The minimum absolute atomic E-state index is 0.0600. The van der Waals surface area contributed by atoms with Gasteiger partial charge in [0.05, 0.1) is 6.20 Å². The van der Waals surface area contributed by atoms with Crippen molar-refractivity contribution in [3.8, 4) is 11.6 Å². The van der Waals surface area contributed by atoms with Crippen LogP contribution in [0.4, 0.5) is 0 Å². The van der Waals surface area contributed by atoms with Crippen LogP contribution in [0, 0.1) is 0 Å². The molecule has 0 aliphatic carbocycles. The van der Waals surface area contributed by atoms with Crippen LogP contribution in [0.2, 0.25) is 5.02 Å². The van der Waals surface area contributed by atoms with Crippen LogP contribution in [0.5, 0.6) is 11.6 Å². The summed E-state index contributed by atoms with van der Waals surface area (Å²) < 4.78 is 27.7. The fourth-order valence-electron chi connectivity index (χ4n) is 1.60. The molecular formula is C13H13ClN2O3S. The predicted octanol–water partition coefficient (Wildman–Crippen LogP) is 2.74. The Bertz CT molecular complexity index is 715. The third kappa shape index (κ3) is 3.47. The van der Waals surface area contributed by atoms with Crippen LogP contribution in [-0.2, 0) is 16.4 Å². The first-order chi connectivity index (χ1) is 9.40. The number of nitrogens with zero attached hydrogens (tertiary/aromatic N) is 1. The largest absolute Gasteiger partial charge is 0.439 e. The lowest BCUT2D eigenvalue weighted by Crippen LogP contribution is -2.12. The molecule has 0 saturated carbocycles. The van der Waals surface area contributed by atoms with E-state index >= 15 is 0 Å². The summed E-state index contributed by atoms with van der Waals surface area (Å²) in [5.74, 6) is 0.865. The number of benzene rings is 1. The molecule has 0 aliphatic rings. The van der Waals surface area contributed by atoms with Crippen LogP contribution in [0.1, 0.15) is 12.5 Å². The summed E-state index contributed by atoms with van der Waals surface area (Å²) in [7, 11) is -3.74. The van der Waals surface area contributed by atoms with Crippen LogP contribution < -0.4 is 9.88 Å². The summed E-state index contributed by atoms with van der Waals surface area (Å²) >= 11 is 6.02. The first-order valence-electron chi connectivity index (χ1n) is 5.85. The molecule has 1 heterocycles. The number of nitrogens with two attached hydrogens (primary N) is 1. The Morgan fingerprint density at radius 3 is 2.60 bits per heavy atom. The van der Waals surface area contributed by atoms with E-state index in [0.717, 1.165) is 18.2 Å². The fraction of sp³-hybridized carbons (Fsp3) is 0.154. The van der Waals surface area contributed by atoms with Gasteiger partial charge in [0.15, 0.2) is 0 Å². The summed E-state index contributed by atoms with van der Waals surface area (Å²) in [5, 5.41) is 5.67. The number of hydrogen-bond acceptors (Lipinski definition) is 4. The van der Waals surface area contributed by atoms with Crippen LogP contribution >= 0.6 is 11.6 Å². The lowest BCUT2D eigenvalue weighted by atomic mass is 10.1. The van der Waals surface area contributed by atoms with Crippen molar-refractivity contribution < 1.29 is 13.2 Å². The summed E-state index contributed by atoms with van der Waals surface area (Å²) in [6.07, 6.45) is 1.94. The van der Waals surface area contributed by atoms with Gasteiger partial charge in [-0.3, -0.25) is 0 Å². The van der Waals surface area contributed by atoms with E-state index in [1.165, 1.54) is 12.1 Å². The van der Waals surface area contributed by atoms with Crippen molar-refractivity contribution in [2.24, 2.45) is 5.14 Å². The molecular weight excluding hydrogens is 300 g/mol. The Morgan fingerprint density at radius 2 is 2.05 bits per heavy atom. The number of rotatable bonds is 4. The molecule has 0 unspecified atom stereocenters. The van der Waals surface area contributed by atoms with Crippen molar-refractivity contribution in [1.82, 2.24) is 4.98 Å². The van der Waals surface area contributed by atoms with Gasteiger partial charge in [0, 0.05) is 11.1 Å². The maximum Gasteiger partial charge on any atom is 0.239 e. The molecule has 20 heavy (non-hydrogen) atoms. The van der Waals surface area contributed by atoms with Gasteiger partial charge >= 0.3 is 0 Å². The second-order valence-corrected chi connectivity index (χ2v) is 6.05. The van der Waals surface area contributed by atoms with E-state index in [1.807, 2.05) is 13.0 Å². The Balaban J connectivity index is 2.22. The number of hydrogen-bond donors (Lipinski definition) is 1. The highest BCUT2D eigenvalue weighted by molar-refractivity contribution is 7.89. The zero-order valence-electron chi connectivity index (χ0n) is 10.7. The van der Waals surface area contributed by atoms with Crippen LogP contribution in [-0.4, -0.2) is 13.4 Å². The number of aromatic nitrogens is 1. The van der Waals surface area contributed by atoms with E-state index in [0.29, 0.717) is 10.8 Å². The smallest absolute Gasteiger partial charge is 0.239 e. The SMILES string of the molecule is CCc1cc(Oc2ccc(S(N)(=O)=O)cn2)ccc1Cl. The third-order valence-electron chi connectivity index (χ3n) is 2.66. The molecule has 0 radical (unpaired) electrons. The molecule has 0 aliphatic heterocycles. The van der Waals surface area contributed by atoms with Crippen molar-refractivity contribution in [2.45, 2.75) is 18.2 Å². The monoisotopic (exact) mass is 312 g/mol. The summed E-state index contributed by atoms with van der Waals surface area (Å²) in [6.45, 7) is 1.99. The average Bonchev–Trinajstić information content (AvgIpc) is 2.40. The van der Waals surface area contributed by atoms with Gasteiger partial charge in [-0.1, -0.05) is 18.5 Å². The molecule has 1 aromatic heterocycles. The van der Waals surface area contributed by atoms with Crippen molar-refractivity contribution in [3.05, 3.63) is 47.1 Å². The van der Waals surface area contributed by atoms with Crippen molar-refractivity contribution >= 4 is 21.6 Å². The van der Waals surface area contributed by atoms with E-state index in [4.69, 9.17) is 21.5 Å². The standard InChI is InChI=1S/C13H13ClN2O3S/c1-2-9-7-10(3-5-12(9)14)19-13-6-4-11(8-16-13)20(15,17)18/h3-8H,2H2,1H3,(H2,15,17,18). The Kier molecular flexibility index (Phi) is 4.27. The Labute approximate surface area is 122 Å². The molecule has 7 heteroatoms. The highest BCUT2D eigenvalue weighted by Gasteiger charge is 2.09. The van der Waals surface area contributed by atoms with Gasteiger partial charge in [0.1, 0.15) is 10.6 Å². The predicted molar refractivity (Wildman–Crippen MR) is 76.5 cm³/mol. The molecule has 0 atom stereocenters. The van der Waals surface area contributed by atoms with Crippen LogP contribution in [0.15, 0.2) is 41.4 Å². The molecule has 2 aromatic rings. The van der Waals surface area contributed by atoms with E-state index in [-0.39, 0.29) is 10.8 Å². The Morgan fingerprint density at radius 1 is 1.30 bits per heavy atom. The van der Waals surface area contributed by atoms with Crippen LogP contribution in [0.25, 0.3) is 0 Å². The van der Waals surface area contributed by atoms with E-state index in [2.05, 4.69) is 4.98 Å². The van der Waals surface area contributed by atoms with Crippen LogP contribution in [0.3, 0.4) is 0 Å². The molecule has 5 nitrogen and oxygen atoms in total. The normalized spacial score (nSPS) is 11.3. The highest BCUT2D eigenvalue weighted by Crippen LogP contribution is 2.26. The third-order valence-corrected chi connectivity index (χ3v) is 3.93. The fourth-order valence-corrected chi connectivity index (χ4v) is 2.31. The summed E-state index contributed by atoms with van der Waals surface area (Å²) in [6, 6.07) is 8.07. The average molecular weight is 313 g/mol. The van der Waals surface area contributed by atoms with Crippen molar-refractivity contribution in [2.75, 3.05) is 0 Å². The molecule has 2 N–H and O–H groups in total. The first-order valence-corrected chi connectivity index (χ1v) is 7.77. The lowest BCUT2D eigenvalue weighted by Gasteiger charge is -2.07. The highest BCUT2D eigenvalue weighted by atomic mass is 35.5.